The summed E-state index contributed by atoms with van der Waals surface area (Å²) in [6, 6.07) is 11.4. The van der Waals surface area contributed by atoms with E-state index in [-0.39, 0.29) is 27.9 Å². The van der Waals surface area contributed by atoms with Crippen LogP contribution in [0.4, 0.5) is 5.13 Å². The number of fused-ring (bicyclic) bond motifs is 1. The molecule has 1 fully saturated rings. The van der Waals surface area contributed by atoms with Crippen LogP contribution in [0.25, 0.3) is 11.4 Å². The largest absolute Gasteiger partial charge is 0.505 e. The Morgan fingerprint density at radius 1 is 1.16 bits per heavy atom. The standard InChI is InChI=1S/C27H21BrN4O5S/c1-4-13-37-26(36)24-15(3)30-27(38-24)32-21(16-8-10-17(28)11-9-16)19(23(34)25(32)35)22(33)20-14(2)29-18-7-5-6-12-31(18)20/h4-12,21,33H,1,13H2,2-3H3/b22-19+. The van der Waals surface area contributed by atoms with Gasteiger partial charge in [0.2, 0.25) is 0 Å². The number of aryl methyl sites for hydroxylation is 2. The number of benzene rings is 1. The first-order valence-corrected chi connectivity index (χ1v) is 13.1. The molecular weight excluding hydrogens is 572 g/mol. The molecule has 0 saturated carbocycles. The van der Waals surface area contributed by atoms with E-state index < -0.39 is 23.7 Å². The lowest BCUT2D eigenvalue weighted by Crippen LogP contribution is -2.29. The summed E-state index contributed by atoms with van der Waals surface area (Å²) in [5.74, 6) is -2.70. The molecule has 1 N–H and O–H groups in total. The number of Topliss-reactive ketones (excluding diaryl/α,β-unsaturated/α-hetero) is 1. The Morgan fingerprint density at radius 2 is 1.89 bits per heavy atom. The van der Waals surface area contributed by atoms with Gasteiger partial charge in [-0.1, -0.05) is 58.1 Å². The number of anilines is 1. The lowest BCUT2D eigenvalue weighted by atomic mass is 9.96. The van der Waals surface area contributed by atoms with Crippen molar-refractivity contribution in [3.63, 3.8) is 0 Å². The van der Waals surface area contributed by atoms with Crippen molar-refractivity contribution >= 4 is 61.5 Å². The summed E-state index contributed by atoms with van der Waals surface area (Å²) in [7, 11) is 0. The molecule has 1 aromatic carbocycles. The van der Waals surface area contributed by atoms with E-state index in [9.17, 15) is 19.5 Å². The molecule has 1 saturated heterocycles. The van der Waals surface area contributed by atoms with Crippen LogP contribution < -0.4 is 4.90 Å². The van der Waals surface area contributed by atoms with E-state index in [4.69, 9.17) is 4.74 Å². The molecule has 11 heteroatoms. The molecule has 1 aliphatic heterocycles. The van der Waals surface area contributed by atoms with Crippen molar-refractivity contribution in [2.45, 2.75) is 19.9 Å². The van der Waals surface area contributed by atoms with Crippen molar-refractivity contribution in [2.75, 3.05) is 11.5 Å². The number of hydrogen-bond donors (Lipinski definition) is 1. The van der Waals surface area contributed by atoms with Crippen LogP contribution in [-0.2, 0) is 14.3 Å². The molecule has 1 atom stereocenters. The van der Waals surface area contributed by atoms with Crippen molar-refractivity contribution in [1.82, 2.24) is 14.4 Å². The number of esters is 1. The molecule has 1 unspecified atom stereocenters. The third kappa shape index (κ3) is 4.23. The number of nitrogens with zero attached hydrogens (tertiary/aromatic N) is 4. The zero-order chi connectivity index (χ0) is 27.1. The number of pyridine rings is 1. The molecule has 192 valence electrons. The molecule has 4 aromatic rings. The second-order valence-electron chi connectivity index (χ2n) is 8.49. The predicted octanol–water partition coefficient (Wildman–Crippen LogP) is 5.14. The number of ketones is 1. The van der Waals surface area contributed by atoms with Crippen molar-refractivity contribution in [2.24, 2.45) is 0 Å². The van der Waals surface area contributed by atoms with Gasteiger partial charge in [-0.2, -0.15) is 0 Å². The van der Waals surface area contributed by atoms with E-state index in [2.05, 4.69) is 32.5 Å². The fourth-order valence-electron chi connectivity index (χ4n) is 4.39. The Balaban J connectivity index is 1.71. The molecular formula is C27H21BrN4O5S. The number of hydrogen-bond acceptors (Lipinski definition) is 8. The van der Waals surface area contributed by atoms with Crippen molar-refractivity contribution < 1.29 is 24.2 Å². The number of amides is 1. The molecule has 38 heavy (non-hydrogen) atoms. The van der Waals surface area contributed by atoms with Crippen LogP contribution in [0.15, 0.2) is 71.4 Å². The van der Waals surface area contributed by atoms with Gasteiger partial charge in [-0.15, -0.1) is 0 Å². The maximum atomic E-state index is 13.5. The number of ether oxygens (including phenoxy) is 1. The number of imidazole rings is 1. The molecule has 4 heterocycles. The van der Waals surface area contributed by atoms with Crippen LogP contribution in [0.2, 0.25) is 0 Å². The molecule has 1 amide bonds. The van der Waals surface area contributed by atoms with E-state index in [0.717, 1.165) is 15.8 Å². The fraction of sp³-hybridized carbons (Fsp3) is 0.148. The average molecular weight is 593 g/mol. The Kier molecular flexibility index (Phi) is 6.72. The van der Waals surface area contributed by atoms with Gasteiger partial charge in [-0.3, -0.25) is 18.9 Å². The van der Waals surface area contributed by atoms with Gasteiger partial charge in [0, 0.05) is 10.7 Å². The zero-order valence-corrected chi connectivity index (χ0v) is 22.7. The van der Waals surface area contributed by atoms with Crippen LogP contribution in [0.3, 0.4) is 0 Å². The minimum atomic E-state index is -1.00. The normalized spacial score (nSPS) is 16.8. The summed E-state index contributed by atoms with van der Waals surface area (Å²) in [6.45, 7) is 6.90. The second kappa shape index (κ2) is 9.99. The zero-order valence-electron chi connectivity index (χ0n) is 20.3. The van der Waals surface area contributed by atoms with Crippen molar-refractivity contribution in [3.05, 3.63) is 98.9 Å². The molecule has 0 spiro atoms. The van der Waals surface area contributed by atoms with Gasteiger partial charge in [-0.25, -0.2) is 14.8 Å². The Labute approximate surface area is 229 Å². The van der Waals surface area contributed by atoms with Crippen molar-refractivity contribution in [3.8, 4) is 0 Å². The minimum Gasteiger partial charge on any atom is -0.505 e. The Morgan fingerprint density at radius 3 is 2.61 bits per heavy atom. The quantitative estimate of drug-likeness (QED) is 0.108. The third-order valence-electron chi connectivity index (χ3n) is 6.07. The first-order chi connectivity index (χ1) is 18.2. The van der Waals surface area contributed by atoms with E-state index >= 15 is 0 Å². The highest BCUT2D eigenvalue weighted by atomic mass is 79.9. The monoisotopic (exact) mass is 592 g/mol. The average Bonchev–Trinajstić information content (AvgIpc) is 3.53. The first-order valence-electron chi connectivity index (χ1n) is 11.5. The number of carbonyl (C=O) groups is 3. The number of halogens is 1. The van der Waals surface area contributed by atoms with Crippen LogP contribution in [-0.4, -0.2) is 43.7 Å². The number of aliphatic hydroxyl groups excluding tert-OH is 1. The highest BCUT2D eigenvalue weighted by Gasteiger charge is 2.49. The summed E-state index contributed by atoms with van der Waals surface area (Å²) in [6.07, 6.45) is 3.17. The van der Waals surface area contributed by atoms with Gasteiger partial charge in [-0.05, 0) is 43.7 Å². The molecule has 0 bridgehead atoms. The minimum absolute atomic E-state index is 0.0214. The number of aliphatic hydroxyl groups is 1. The van der Waals surface area contributed by atoms with Gasteiger partial charge >= 0.3 is 11.9 Å². The molecule has 0 radical (unpaired) electrons. The van der Waals surface area contributed by atoms with Crippen molar-refractivity contribution in [1.29, 1.82) is 0 Å². The van der Waals surface area contributed by atoms with Gasteiger partial charge in [0.15, 0.2) is 10.9 Å². The molecule has 3 aromatic heterocycles. The second-order valence-corrected chi connectivity index (χ2v) is 10.4. The van der Waals surface area contributed by atoms with Crippen LogP contribution in [0.1, 0.15) is 38.4 Å². The molecule has 0 aliphatic carbocycles. The summed E-state index contributed by atoms with van der Waals surface area (Å²) in [5, 5.41) is 11.7. The fourth-order valence-corrected chi connectivity index (χ4v) is 5.64. The van der Waals surface area contributed by atoms with E-state index in [1.165, 1.54) is 11.0 Å². The Bertz CT molecular complexity index is 1650. The van der Waals surface area contributed by atoms with Gasteiger partial charge in [0.05, 0.1) is 23.0 Å². The highest BCUT2D eigenvalue weighted by molar-refractivity contribution is 9.10. The summed E-state index contributed by atoms with van der Waals surface area (Å²) in [5.41, 5.74) is 2.21. The highest BCUT2D eigenvalue weighted by Crippen LogP contribution is 2.44. The number of aromatic nitrogens is 3. The van der Waals surface area contributed by atoms with E-state index in [0.29, 0.717) is 28.3 Å². The molecule has 5 rings (SSSR count). The topological polar surface area (TPSA) is 114 Å². The number of rotatable bonds is 6. The van der Waals surface area contributed by atoms with Crippen LogP contribution in [0, 0.1) is 13.8 Å². The van der Waals surface area contributed by atoms with Gasteiger partial charge < -0.3 is 9.84 Å². The van der Waals surface area contributed by atoms with E-state index in [1.807, 2.05) is 6.07 Å². The third-order valence-corrected chi connectivity index (χ3v) is 7.73. The smallest absolute Gasteiger partial charge is 0.350 e. The summed E-state index contributed by atoms with van der Waals surface area (Å²) >= 11 is 4.35. The SMILES string of the molecule is C=CCOC(=O)c1sc(N2C(=O)C(=O)/C(=C(/O)c3c(C)nc4ccccn34)C2c2ccc(Br)cc2)nc1C. The lowest BCUT2D eigenvalue weighted by Gasteiger charge is -2.23. The van der Waals surface area contributed by atoms with E-state index in [1.54, 1.807) is 60.8 Å². The van der Waals surface area contributed by atoms with Gasteiger partial charge in [0.25, 0.3) is 5.78 Å². The Hall–Kier alpha value is -4.09. The molecule has 1 aliphatic rings. The van der Waals surface area contributed by atoms with Crippen LogP contribution >= 0.6 is 27.3 Å². The number of carbonyl (C=O) groups excluding carboxylic acids is 3. The maximum absolute atomic E-state index is 13.5. The predicted molar refractivity (Wildman–Crippen MR) is 146 cm³/mol. The van der Waals surface area contributed by atoms with Gasteiger partial charge in [0.1, 0.15) is 22.8 Å². The summed E-state index contributed by atoms with van der Waals surface area (Å²) in [4.78, 5) is 49.9. The summed E-state index contributed by atoms with van der Waals surface area (Å²) < 4.78 is 7.61. The first kappa shape index (κ1) is 25.6. The lowest BCUT2D eigenvalue weighted by molar-refractivity contribution is -0.132. The number of thiazole rings is 1. The van der Waals surface area contributed by atoms with Crippen LogP contribution in [0.5, 0.6) is 0 Å². The maximum Gasteiger partial charge on any atom is 0.350 e. The molecule has 9 nitrogen and oxygen atoms in total.